The van der Waals surface area contributed by atoms with Gasteiger partial charge in [-0.15, -0.1) is 23.1 Å². The maximum absolute atomic E-state index is 6.04. The Morgan fingerprint density at radius 3 is 2.46 bits per heavy atom. The first kappa shape index (κ1) is 17.6. The number of thioether (sulfide) groups is 1. The lowest BCUT2D eigenvalue weighted by Crippen LogP contribution is -2.18. The van der Waals surface area contributed by atoms with Gasteiger partial charge in [0.25, 0.3) is 0 Å². The fourth-order valence-corrected chi connectivity index (χ4v) is 4.37. The lowest BCUT2D eigenvalue weighted by atomic mass is 9.99. The molecule has 132 valence electrons. The molecule has 0 aliphatic carbocycles. The van der Waals surface area contributed by atoms with Gasteiger partial charge >= 0.3 is 0 Å². The van der Waals surface area contributed by atoms with Crippen molar-refractivity contribution in [1.29, 1.82) is 0 Å². The molecule has 0 saturated heterocycles. The van der Waals surface area contributed by atoms with Gasteiger partial charge in [-0.2, -0.15) is 5.10 Å². The van der Waals surface area contributed by atoms with Gasteiger partial charge in [-0.3, -0.25) is 0 Å². The standard InChI is InChI=1S/C20H18ClN3S2/c1-13-12-26-20(22-13)24-19(15-5-9-17(25-2)10-6-15)11-18(23-24)14-3-7-16(21)8-4-14/h3-10,12,19H,11H2,1-2H3. The van der Waals surface area contributed by atoms with Crippen LogP contribution in [0.3, 0.4) is 0 Å². The van der Waals surface area contributed by atoms with Gasteiger partial charge in [0.2, 0.25) is 5.13 Å². The van der Waals surface area contributed by atoms with E-state index in [1.54, 1.807) is 23.1 Å². The summed E-state index contributed by atoms with van der Waals surface area (Å²) in [7, 11) is 0. The molecule has 3 nitrogen and oxygen atoms in total. The number of hydrogen-bond acceptors (Lipinski definition) is 5. The van der Waals surface area contributed by atoms with Crippen LogP contribution >= 0.6 is 34.7 Å². The third-order valence-corrected chi connectivity index (χ3v) is 6.33. The highest BCUT2D eigenvalue weighted by atomic mass is 35.5. The highest BCUT2D eigenvalue weighted by Crippen LogP contribution is 2.38. The van der Waals surface area contributed by atoms with E-state index in [-0.39, 0.29) is 6.04 Å². The maximum atomic E-state index is 6.04. The van der Waals surface area contributed by atoms with E-state index in [1.807, 2.05) is 31.2 Å². The van der Waals surface area contributed by atoms with Crippen LogP contribution in [0.25, 0.3) is 0 Å². The van der Waals surface area contributed by atoms with Crippen LogP contribution in [0.1, 0.15) is 29.3 Å². The summed E-state index contributed by atoms with van der Waals surface area (Å²) in [5.74, 6) is 0. The van der Waals surface area contributed by atoms with E-state index in [9.17, 15) is 0 Å². The van der Waals surface area contributed by atoms with Crippen molar-refractivity contribution >= 4 is 45.5 Å². The van der Waals surface area contributed by atoms with E-state index in [2.05, 4.69) is 45.9 Å². The molecule has 4 rings (SSSR count). The van der Waals surface area contributed by atoms with Crippen LogP contribution in [0.4, 0.5) is 5.13 Å². The van der Waals surface area contributed by atoms with Gasteiger partial charge < -0.3 is 0 Å². The highest BCUT2D eigenvalue weighted by molar-refractivity contribution is 7.98. The number of thiazole rings is 1. The molecule has 1 unspecified atom stereocenters. The second-order valence-corrected chi connectivity index (χ2v) is 8.32. The fraction of sp³-hybridized carbons (Fsp3) is 0.200. The quantitative estimate of drug-likeness (QED) is 0.490. The first-order valence-electron chi connectivity index (χ1n) is 8.33. The number of hydrogen-bond donors (Lipinski definition) is 0. The minimum absolute atomic E-state index is 0.155. The summed E-state index contributed by atoms with van der Waals surface area (Å²) in [6, 6.07) is 16.8. The van der Waals surface area contributed by atoms with Gasteiger partial charge in [0.05, 0.1) is 17.4 Å². The van der Waals surface area contributed by atoms with Gasteiger partial charge in [-0.25, -0.2) is 9.99 Å². The molecule has 1 aliphatic rings. The minimum atomic E-state index is 0.155. The SMILES string of the molecule is CSc1ccc(C2CC(c3ccc(Cl)cc3)=NN2c2nc(C)cs2)cc1. The normalized spacial score (nSPS) is 16.8. The molecule has 0 N–H and O–H groups in total. The Bertz CT molecular complexity index is 932. The third-order valence-electron chi connectivity index (χ3n) is 4.39. The van der Waals surface area contributed by atoms with Crippen molar-refractivity contribution in [3.05, 3.63) is 75.8 Å². The van der Waals surface area contributed by atoms with E-state index >= 15 is 0 Å². The second-order valence-electron chi connectivity index (χ2n) is 6.16. The molecule has 0 saturated carbocycles. The minimum Gasteiger partial charge on any atom is -0.231 e. The molecule has 0 amide bonds. The first-order valence-corrected chi connectivity index (χ1v) is 10.8. The molecule has 26 heavy (non-hydrogen) atoms. The number of aromatic nitrogens is 1. The molecular weight excluding hydrogens is 382 g/mol. The molecule has 0 radical (unpaired) electrons. The number of aryl methyl sites for hydroxylation is 1. The largest absolute Gasteiger partial charge is 0.231 e. The van der Waals surface area contributed by atoms with E-state index in [1.165, 1.54) is 10.5 Å². The zero-order valence-electron chi connectivity index (χ0n) is 14.5. The highest BCUT2D eigenvalue weighted by Gasteiger charge is 2.31. The summed E-state index contributed by atoms with van der Waals surface area (Å²) < 4.78 is 0. The summed E-state index contributed by atoms with van der Waals surface area (Å²) in [5.41, 5.74) is 4.45. The Labute approximate surface area is 166 Å². The van der Waals surface area contributed by atoms with Crippen LogP contribution in [0.15, 0.2) is 63.9 Å². The molecule has 1 aliphatic heterocycles. The summed E-state index contributed by atoms with van der Waals surface area (Å²) in [6.07, 6.45) is 2.94. The van der Waals surface area contributed by atoms with Crippen LogP contribution in [-0.4, -0.2) is 17.0 Å². The van der Waals surface area contributed by atoms with Crippen molar-refractivity contribution in [1.82, 2.24) is 4.98 Å². The molecule has 1 aromatic heterocycles. The third kappa shape index (κ3) is 3.52. The molecule has 2 aromatic carbocycles. The maximum Gasteiger partial charge on any atom is 0.206 e. The van der Waals surface area contributed by atoms with E-state index < -0.39 is 0 Å². The Morgan fingerprint density at radius 2 is 1.85 bits per heavy atom. The van der Waals surface area contributed by atoms with E-state index in [0.29, 0.717) is 0 Å². The summed E-state index contributed by atoms with van der Waals surface area (Å²) in [6.45, 7) is 2.02. The molecular formula is C20H18ClN3S2. The van der Waals surface area contributed by atoms with Crippen LogP contribution in [0, 0.1) is 6.92 Å². The lowest BCUT2D eigenvalue weighted by Gasteiger charge is -2.21. The number of halogens is 1. The fourth-order valence-electron chi connectivity index (χ4n) is 3.04. The van der Waals surface area contributed by atoms with Gasteiger partial charge in [0.15, 0.2) is 0 Å². The van der Waals surface area contributed by atoms with Crippen molar-refractivity contribution in [2.75, 3.05) is 11.3 Å². The summed E-state index contributed by atoms with van der Waals surface area (Å²) in [4.78, 5) is 5.92. The molecule has 0 fully saturated rings. The van der Waals surface area contributed by atoms with Crippen molar-refractivity contribution in [2.45, 2.75) is 24.3 Å². The molecule has 0 bridgehead atoms. The lowest BCUT2D eigenvalue weighted by molar-refractivity contribution is 0.705. The smallest absolute Gasteiger partial charge is 0.206 e. The predicted molar refractivity (Wildman–Crippen MR) is 113 cm³/mol. The Morgan fingerprint density at radius 1 is 1.12 bits per heavy atom. The van der Waals surface area contributed by atoms with Crippen molar-refractivity contribution in [2.24, 2.45) is 5.10 Å². The monoisotopic (exact) mass is 399 g/mol. The number of hydrazone groups is 1. The van der Waals surface area contributed by atoms with Crippen LogP contribution in [0.5, 0.6) is 0 Å². The van der Waals surface area contributed by atoms with Gasteiger partial charge in [-0.1, -0.05) is 35.9 Å². The number of benzene rings is 2. The van der Waals surface area contributed by atoms with Gasteiger partial charge in [0, 0.05) is 21.7 Å². The van der Waals surface area contributed by atoms with Crippen LogP contribution < -0.4 is 5.01 Å². The van der Waals surface area contributed by atoms with Crippen molar-refractivity contribution in [3.8, 4) is 0 Å². The van der Waals surface area contributed by atoms with E-state index in [4.69, 9.17) is 16.7 Å². The Balaban J connectivity index is 1.71. The van der Waals surface area contributed by atoms with Gasteiger partial charge in [-0.05, 0) is 48.6 Å². The van der Waals surface area contributed by atoms with E-state index in [0.717, 1.165) is 33.5 Å². The average Bonchev–Trinajstić information content (AvgIpc) is 3.29. The Hall–Kier alpha value is -1.82. The first-order chi connectivity index (χ1) is 12.6. The predicted octanol–water partition coefficient (Wildman–Crippen LogP) is 6.18. The van der Waals surface area contributed by atoms with Crippen molar-refractivity contribution < 1.29 is 0 Å². The van der Waals surface area contributed by atoms with Crippen LogP contribution in [-0.2, 0) is 0 Å². The zero-order valence-corrected chi connectivity index (χ0v) is 16.9. The number of anilines is 1. The molecule has 2 heterocycles. The summed E-state index contributed by atoms with van der Waals surface area (Å²) >= 11 is 9.43. The molecule has 6 heteroatoms. The number of nitrogens with zero attached hydrogens (tertiary/aromatic N) is 3. The zero-order chi connectivity index (χ0) is 18.1. The van der Waals surface area contributed by atoms with Crippen molar-refractivity contribution in [3.63, 3.8) is 0 Å². The summed E-state index contributed by atoms with van der Waals surface area (Å²) in [5, 5.41) is 10.7. The molecule has 1 atom stereocenters. The molecule has 0 spiro atoms. The van der Waals surface area contributed by atoms with Crippen LogP contribution in [0.2, 0.25) is 5.02 Å². The second kappa shape index (κ2) is 7.43. The number of rotatable bonds is 4. The topological polar surface area (TPSA) is 28.5 Å². The van der Waals surface area contributed by atoms with Gasteiger partial charge in [0.1, 0.15) is 0 Å². The molecule has 3 aromatic rings. The Kier molecular flexibility index (Phi) is 5.02. The average molecular weight is 400 g/mol.